The first-order valence-corrected chi connectivity index (χ1v) is 8.86. The van der Waals surface area contributed by atoms with Crippen LogP contribution in [0, 0.1) is 5.41 Å². The van der Waals surface area contributed by atoms with E-state index in [9.17, 15) is 13.2 Å². The molecule has 0 saturated carbocycles. The van der Waals surface area contributed by atoms with Gasteiger partial charge in [0.05, 0.1) is 10.6 Å². The van der Waals surface area contributed by atoms with Crippen LogP contribution in [0.15, 0.2) is 46.4 Å². The topological polar surface area (TPSA) is 51.2 Å². The molecule has 0 N–H and O–H groups in total. The first kappa shape index (κ1) is 16.0. The lowest BCUT2D eigenvalue weighted by Crippen LogP contribution is -2.26. The van der Waals surface area contributed by atoms with Crippen molar-refractivity contribution in [1.82, 2.24) is 0 Å². The second-order valence-corrected chi connectivity index (χ2v) is 8.69. The van der Waals surface area contributed by atoms with Crippen molar-refractivity contribution in [1.29, 1.82) is 0 Å². The number of ketones is 1. The Hall–Kier alpha value is -1.42. The van der Waals surface area contributed by atoms with Gasteiger partial charge in [-0.1, -0.05) is 37.6 Å². The van der Waals surface area contributed by atoms with Crippen molar-refractivity contribution in [2.45, 2.75) is 44.9 Å². The lowest BCUT2D eigenvalue weighted by atomic mass is 9.73. The molecule has 1 aliphatic rings. The van der Waals surface area contributed by atoms with Gasteiger partial charge in [-0.2, -0.15) is 0 Å². The molecule has 0 heterocycles. The summed E-state index contributed by atoms with van der Waals surface area (Å²) in [5, 5.41) is 0. The van der Waals surface area contributed by atoms with E-state index in [-0.39, 0.29) is 17.0 Å². The van der Waals surface area contributed by atoms with Crippen molar-refractivity contribution >= 4 is 15.6 Å². The van der Waals surface area contributed by atoms with Gasteiger partial charge < -0.3 is 0 Å². The number of benzene rings is 1. The highest BCUT2D eigenvalue weighted by Crippen LogP contribution is 2.37. The molecule has 1 aliphatic carbocycles. The third kappa shape index (κ3) is 3.82. The number of allylic oxidation sites excluding steroid dienone is 2. The van der Waals surface area contributed by atoms with Gasteiger partial charge in [-0.3, -0.25) is 4.79 Å². The van der Waals surface area contributed by atoms with Crippen molar-refractivity contribution in [2.24, 2.45) is 5.41 Å². The van der Waals surface area contributed by atoms with Gasteiger partial charge in [0.1, 0.15) is 0 Å². The molecular weight excluding hydrogens is 284 g/mol. The highest BCUT2D eigenvalue weighted by molar-refractivity contribution is 7.91. The lowest BCUT2D eigenvalue weighted by Gasteiger charge is -2.31. The summed E-state index contributed by atoms with van der Waals surface area (Å²) in [7, 11) is -3.32. The molecule has 0 saturated heterocycles. The SMILES string of the molecule is CC1=C(CCS(=O)(=O)c2ccccc2)C(=O)CC(C)(C)C1. The van der Waals surface area contributed by atoms with E-state index in [1.165, 1.54) is 0 Å². The van der Waals surface area contributed by atoms with E-state index in [1.807, 2.05) is 6.92 Å². The molecule has 0 atom stereocenters. The van der Waals surface area contributed by atoms with Gasteiger partial charge >= 0.3 is 0 Å². The molecule has 3 nitrogen and oxygen atoms in total. The van der Waals surface area contributed by atoms with E-state index in [1.54, 1.807) is 30.3 Å². The molecule has 1 aromatic carbocycles. The average Bonchev–Trinajstić information content (AvgIpc) is 2.37. The maximum atomic E-state index is 12.3. The summed E-state index contributed by atoms with van der Waals surface area (Å²) in [4.78, 5) is 12.5. The van der Waals surface area contributed by atoms with E-state index in [0.29, 0.717) is 23.3 Å². The van der Waals surface area contributed by atoms with Crippen LogP contribution in [0.3, 0.4) is 0 Å². The van der Waals surface area contributed by atoms with Crippen LogP contribution in [0.5, 0.6) is 0 Å². The first-order valence-electron chi connectivity index (χ1n) is 7.21. The Labute approximate surface area is 127 Å². The van der Waals surface area contributed by atoms with Crippen molar-refractivity contribution in [2.75, 3.05) is 5.75 Å². The lowest BCUT2D eigenvalue weighted by molar-refractivity contribution is -0.118. The molecule has 4 heteroatoms. The van der Waals surface area contributed by atoms with Gasteiger partial charge in [0, 0.05) is 6.42 Å². The first-order chi connectivity index (χ1) is 9.71. The molecule has 0 aromatic heterocycles. The standard InChI is InChI=1S/C17H22O3S/c1-13-11-17(2,3)12-16(18)15(13)9-10-21(19,20)14-7-5-4-6-8-14/h4-8H,9-12H2,1-3H3. The molecule has 0 fully saturated rings. The summed E-state index contributed by atoms with van der Waals surface area (Å²) >= 11 is 0. The van der Waals surface area contributed by atoms with Crippen LogP contribution in [0.2, 0.25) is 0 Å². The molecule has 0 amide bonds. The van der Waals surface area contributed by atoms with E-state index in [4.69, 9.17) is 0 Å². The van der Waals surface area contributed by atoms with Crippen LogP contribution in [-0.2, 0) is 14.6 Å². The van der Waals surface area contributed by atoms with Crippen molar-refractivity contribution in [3.05, 3.63) is 41.5 Å². The number of rotatable bonds is 4. The van der Waals surface area contributed by atoms with Crippen LogP contribution in [0.25, 0.3) is 0 Å². The van der Waals surface area contributed by atoms with Crippen LogP contribution >= 0.6 is 0 Å². The highest BCUT2D eigenvalue weighted by Gasteiger charge is 2.31. The van der Waals surface area contributed by atoms with E-state index >= 15 is 0 Å². The zero-order chi connectivity index (χ0) is 15.7. The summed E-state index contributed by atoms with van der Waals surface area (Å²) in [5.41, 5.74) is 1.75. The average molecular weight is 306 g/mol. The molecule has 2 rings (SSSR count). The summed E-state index contributed by atoms with van der Waals surface area (Å²) in [6.45, 7) is 6.10. The summed E-state index contributed by atoms with van der Waals surface area (Å²) in [6.07, 6.45) is 1.68. The number of carbonyl (C=O) groups excluding carboxylic acids is 1. The predicted octanol–water partition coefficient (Wildman–Crippen LogP) is 3.56. The van der Waals surface area contributed by atoms with Crippen LogP contribution in [-0.4, -0.2) is 20.0 Å². The monoisotopic (exact) mass is 306 g/mol. The van der Waals surface area contributed by atoms with Crippen molar-refractivity contribution in [3.63, 3.8) is 0 Å². The molecular formula is C17H22O3S. The number of sulfone groups is 1. The zero-order valence-electron chi connectivity index (χ0n) is 12.8. The molecule has 1 aromatic rings. The maximum absolute atomic E-state index is 12.3. The fourth-order valence-corrected chi connectivity index (χ4v) is 4.28. The minimum atomic E-state index is -3.32. The Bertz CT molecular complexity index is 667. The normalized spacial score (nSPS) is 18.9. The zero-order valence-corrected chi connectivity index (χ0v) is 13.7. The van der Waals surface area contributed by atoms with Gasteiger partial charge in [0.25, 0.3) is 0 Å². The minimum Gasteiger partial charge on any atom is -0.295 e. The Morgan fingerprint density at radius 2 is 1.71 bits per heavy atom. The van der Waals surface area contributed by atoms with Gasteiger partial charge in [-0.05, 0) is 42.9 Å². The molecule has 0 aliphatic heterocycles. The third-order valence-electron chi connectivity index (χ3n) is 3.96. The molecule has 21 heavy (non-hydrogen) atoms. The van der Waals surface area contributed by atoms with Gasteiger partial charge in [-0.15, -0.1) is 0 Å². The van der Waals surface area contributed by atoms with E-state index in [0.717, 1.165) is 12.0 Å². The predicted molar refractivity (Wildman–Crippen MR) is 83.8 cm³/mol. The van der Waals surface area contributed by atoms with E-state index in [2.05, 4.69) is 13.8 Å². The quantitative estimate of drug-likeness (QED) is 0.854. The third-order valence-corrected chi connectivity index (χ3v) is 5.69. The largest absolute Gasteiger partial charge is 0.295 e. The van der Waals surface area contributed by atoms with Gasteiger partial charge in [0.15, 0.2) is 15.6 Å². The Morgan fingerprint density at radius 3 is 2.29 bits per heavy atom. The highest BCUT2D eigenvalue weighted by atomic mass is 32.2. The Kier molecular flexibility index (Phi) is 4.38. The number of hydrogen-bond acceptors (Lipinski definition) is 3. The second-order valence-electron chi connectivity index (χ2n) is 6.58. The summed E-state index contributed by atoms with van der Waals surface area (Å²) < 4.78 is 24.6. The maximum Gasteiger partial charge on any atom is 0.178 e. The molecule has 0 bridgehead atoms. The smallest absolute Gasteiger partial charge is 0.178 e. The molecule has 0 unspecified atom stereocenters. The Morgan fingerprint density at radius 1 is 1.10 bits per heavy atom. The minimum absolute atomic E-state index is 0.00411. The number of Topliss-reactive ketones (excluding diaryl/α,β-unsaturated/α-hetero) is 1. The summed E-state index contributed by atoms with van der Waals surface area (Å²) in [5.74, 6) is 0.0996. The second kappa shape index (κ2) is 5.76. The molecule has 114 valence electrons. The van der Waals surface area contributed by atoms with Crippen LogP contribution < -0.4 is 0 Å². The van der Waals surface area contributed by atoms with Gasteiger partial charge in [-0.25, -0.2) is 8.42 Å². The van der Waals surface area contributed by atoms with Crippen LogP contribution in [0.4, 0.5) is 0 Å². The van der Waals surface area contributed by atoms with Gasteiger partial charge in [0.2, 0.25) is 0 Å². The number of hydrogen-bond donors (Lipinski definition) is 0. The Balaban J connectivity index is 2.15. The molecule has 0 spiro atoms. The van der Waals surface area contributed by atoms with E-state index < -0.39 is 9.84 Å². The number of carbonyl (C=O) groups is 1. The van der Waals surface area contributed by atoms with Crippen molar-refractivity contribution in [3.8, 4) is 0 Å². The van der Waals surface area contributed by atoms with Crippen molar-refractivity contribution < 1.29 is 13.2 Å². The van der Waals surface area contributed by atoms with Crippen LogP contribution in [0.1, 0.15) is 40.0 Å². The fourth-order valence-electron chi connectivity index (χ4n) is 3.00. The fraction of sp³-hybridized carbons (Fsp3) is 0.471. The summed E-state index contributed by atoms with van der Waals surface area (Å²) in [6, 6.07) is 8.42. The molecule has 0 radical (unpaired) electrons.